The summed E-state index contributed by atoms with van der Waals surface area (Å²) in [5, 5.41) is 40.0. The van der Waals surface area contributed by atoms with Crippen molar-refractivity contribution in [1.29, 1.82) is 0 Å². The first kappa shape index (κ1) is 92.7. The van der Waals surface area contributed by atoms with Crippen molar-refractivity contribution in [1.82, 2.24) is 58.5 Å². The molecule has 2 rings (SSSR count). The molecule has 12 amide bonds. The van der Waals surface area contributed by atoms with Gasteiger partial charge in [0.2, 0.25) is 70.9 Å². The summed E-state index contributed by atoms with van der Waals surface area (Å²) in [4.78, 5) is 174. The number of aliphatic hydroxyl groups excluding tert-OH is 1. The van der Waals surface area contributed by atoms with E-state index in [1.54, 1.807) is 44.2 Å². The van der Waals surface area contributed by atoms with Crippen LogP contribution in [0.4, 0.5) is 0 Å². The highest BCUT2D eigenvalue weighted by atomic mass is 16.3. The Morgan fingerprint density at radius 3 is 0.923 bits per heavy atom. The van der Waals surface area contributed by atoms with Crippen molar-refractivity contribution in [3.8, 4) is 0 Å². The highest BCUT2D eigenvalue weighted by Crippen LogP contribution is 2.17. The molecule has 0 unspecified atom stereocenters. The molecule has 1 aromatic carbocycles. The number of amides is 12. The third-order valence-electron chi connectivity index (χ3n) is 18.2. The Morgan fingerprint density at radius 2 is 0.615 bits per heavy atom. The predicted molar refractivity (Wildman–Crippen MR) is 401 cm³/mol. The van der Waals surface area contributed by atoms with Crippen LogP contribution in [0.3, 0.4) is 0 Å². The Kier molecular flexibility index (Phi) is 49.9. The fourth-order valence-corrected chi connectivity index (χ4v) is 12.2. The van der Waals surface area contributed by atoms with Gasteiger partial charge in [0.15, 0.2) is 0 Å². The molecule has 30 nitrogen and oxygen atoms in total. The van der Waals surface area contributed by atoms with E-state index in [2.05, 4.69) is 58.5 Å². The molecule has 592 valence electrons. The molecule has 30 heteroatoms. The van der Waals surface area contributed by atoms with E-state index in [1.165, 1.54) is 0 Å². The van der Waals surface area contributed by atoms with Crippen molar-refractivity contribution < 1.29 is 62.6 Å². The molecule has 1 aromatic rings. The lowest BCUT2D eigenvalue weighted by molar-refractivity contribution is -0.137. The Balaban J connectivity index is 2.95. The van der Waals surface area contributed by atoms with E-state index >= 15 is 9.59 Å². The maximum Gasteiger partial charge on any atom is 0.243 e. The summed E-state index contributed by atoms with van der Waals surface area (Å²) >= 11 is 0. The molecule has 1 fully saturated rings. The van der Waals surface area contributed by atoms with Crippen LogP contribution in [0.1, 0.15) is 239 Å². The summed E-state index contributed by atoms with van der Waals surface area (Å²) in [6, 6.07) is -4.79. The number of carbonyl (C=O) groups excluding carboxylic acids is 12. The van der Waals surface area contributed by atoms with Crippen molar-refractivity contribution in [3.05, 3.63) is 35.9 Å². The van der Waals surface area contributed by atoms with Gasteiger partial charge in [0, 0.05) is 32.4 Å². The van der Waals surface area contributed by atoms with Crippen molar-refractivity contribution in [3.63, 3.8) is 0 Å². The number of carbonyl (C=O) groups is 12. The lowest BCUT2D eigenvalue weighted by atomic mass is 9.99. The topological polar surface area (TPSA) is 514 Å². The van der Waals surface area contributed by atoms with Gasteiger partial charge in [-0.05, 0) is 198 Å². The molecule has 0 spiro atoms. The lowest BCUT2D eigenvalue weighted by Crippen LogP contribution is -2.61. The van der Waals surface area contributed by atoms with Gasteiger partial charge in [-0.1, -0.05) is 103 Å². The fraction of sp³-hybridized carbons (Fsp3) is 0.757. The summed E-state index contributed by atoms with van der Waals surface area (Å²) in [5.41, 5.74) is 35.8. The Labute approximate surface area is 617 Å². The van der Waals surface area contributed by atoms with Crippen LogP contribution >= 0.6 is 0 Å². The first-order chi connectivity index (χ1) is 49.9. The average Bonchev–Trinajstić information content (AvgIpc) is 0.855. The quantitative estimate of drug-likeness (QED) is 0.0409. The number of primary amides is 1. The number of hydrogen-bond donors (Lipinski definition) is 18. The van der Waals surface area contributed by atoms with E-state index in [0.717, 1.165) is 57.8 Å². The molecule has 10 atom stereocenters. The van der Waals surface area contributed by atoms with E-state index in [9.17, 15) is 47.9 Å². The second-order valence-electron chi connectivity index (χ2n) is 28.5. The van der Waals surface area contributed by atoms with Gasteiger partial charge < -0.3 is 98.0 Å². The number of benzene rings is 1. The number of rotatable bonds is 45. The molecule has 0 radical (unpaired) electrons. The van der Waals surface area contributed by atoms with Crippen molar-refractivity contribution >= 4 is 70.9 Å². The molecule has 24 N–H and O–H groups in total. The Morgan fingerprint density at radius 1 is 0.346 bits per heavy atom. The number of nitrogens with one attached hydrogen (secondary N) is 11. The number of unbranched alkanes of at least 4 members (excludes halogenated alkanes) is 14. The van der Waals surface area contributed by atoms with Crippen LogP contribution in [-0.2, 0) is 64.0 Å². The minimum Gasteiger partial charge on any atom is -0.396 e. The van der Waals surface area contributed by atoms with Crippen LogP contribution in [0.5, 0.6) is 0 Å². The first-order valence-corrected chi connectivity index (χ1v) is 38.7. The highest BCUT2D eigenvalue weighted by molar-refractivity contribution is 5.99. The van der Waals surface area contributed by atoms with Crippen molar-refractivity contribution in [2.24, 2.45) is 46.2 Å². The van der Waals surface area contributed by atoms with Crippen molar-refractivity contribution in [2.45, 2.75) is 300 Å². The summed E-state index contributed by atoms with van der Waals surface area (Å²) in [7, 11) is 0. The van der Waals surface area contributed by atoms with Gasteiger partial charge in [0.05, 0.1) is 0 Å². The van der Waals surface area contributed by atoms with E-state index in [1.807, 2.05) is 13.8 Å². The maximum absolute atomic E-state index is 15.2. The second kappa shape index (κ2) is 56.0. The molecular formula is C74H133N17O13. The van der Waals surface area contributed by atoms with Crippen LogP contribution in [0.2, 0.25) is 0 Å². The monoisotopic (exact) mass is 1470 g/mol. The lowest BCUT2D eigenvalue weighted by Gasteiger charge is -2.30. The summed E-state index contributed by atoms with van der Waals surface area (Å²) in [6.07, 6.45) is 13.0. The highest BCUT2D eigenvalue weighted by Gasteiger charge is 2.37. The first-order valence-electron chi connectivity index (χ1n) is 38.7. The van der Waals surface area contributed by atoms with Crippen molar-refractivity contribution in [2.75, 3.05) is 45.9 Å². The van der Waals surface area contributed by atoms with Gasteiger partial charge in [0.25, 0.3) is 0 Å². The minimum atomic E-state index is -1.52. The molecule has 0 aliphatic carbocycles. The zero-order valence-corrected chi connectivity index (χ0v) is 62.9. The largest absolute Gasteiger partial charge is 0.396 e. The summed E-state index contributed by atoms with van der Waals surface area (Å²) in [6.45, 7) is 8.92. The van der Waals surface area contributed by atoms with Crippen LogP contribution in [0.15, 0.2) is 30.3 Å². The van der Waals surface area contributed by atoms with Gasteiger partial charge in [-0.15, -0.1) is 0 Å². The third-order valence-corrected chi connectivity index (χ3v) is 18.2. The molecule has 1 saturated heterocycles. The van der Waals surface area contributed by atoms with Crippen LogP contribution < -0.4 is 92.9 Å². The second-order valence-corrected chi connectivity index (χ2v) is 28.5. The molecule has 0 aromatic heterocycles. The summed E-state index contributed by atoms with van der Waals surface area (Å²) < 4.78 is 0. The number of nitrogens with two attached hydrogens (primary N) is 6. The normalized spacial score (nSPS) is 22.0. The van der Waals surface area contributed by atoms with E-state index in [-0.39, 0.29) is 134 Å². The predicted octanol–water partition coefficient (Wildman–Crippen LogP) is 1.27. The van der Waals surface area contributed by atoms with E-state index < -0.39 is 132 Å². The Hall–Kier alpha value is -7.38. The zero-order valence-electron chi connectivity index (χ0n) is 62.9. The van der Waals surface area contributed by atoms with Crippen LogP contribution in [0, 0.1) is 11.8 Å². The van der Waals surface area contributed by atoms with Gasteiger partial charge in [-0.3, -0.25) is 57.5 Å². The van der Waals surface area contributed by atoms with E-state index in [4.69, 9.17) is 39.5 Å². The van der Waals surface area contributed by atoms with Gasteiger partial charge in [-0.25, -0.2) is 0 Å². The molecule has 1 heterocycles. The molecule has 1 aliphatic rings. The smallest absolute Gasteiger partial charge is 0.243 e. The Bertz CT molecular complexity index is 2700. The average molecular weight is 1470 g/mol. The SMILES string of the molecule is CC(C)C[C@@H]1NC(=O)[C@H](CCCCN)NC(=O)[C@H](CCCCN)NC(=O)[C@H](CCC(N)=O)NC(=O)[C@H](CC(C)C)NC(=O)[C@H](CCCCN)NC(=O)[C@H](CCCCN)NC(=O)[C@H](Cc2ccccc2)NC(=O)[C@H](CCCCNC(=O)CCCCCCCCCCCO)NC(=O)[C@H](CCCCN)NC1=O. The molecule has 104 heavy (non-hydrogen) atoms. The van der Waals surface area contributed by atoms with Gasteiger partial charge >= 0.3 is 0 Å². The zero-order chi connectivity index (χ0) is 77.0. The minimum absolute atomic E-state index is 0.000185. The van der Waals surface area contributed by atoms with Crippen LogP contribution in [-0.4, -0.2) is 182 Å². The maximum atomic E-state index is 15.2. The molecule has 0 saturated carbocycles. The molecule has 1 aliphatic heterocycles. The number of hydrogen-bond acceptors (Lipinski definition) is 18. The molecular weight excluding hydrogens is 1330 g/mol. The fourth-order valence-electron chi connectivity index (χ4n) is 12.2. The standard InChI is InChI=1S/C74H133N17O13/c1-50(2)47-60-72(102)86-54(32-17-23-41-76)66(96)84-58(36-21-27-45-81-64(94)37-15-10-8-6-5-7-9-11-28-46-92)70(100)91-62(49-52-29-13-12-14-30-52)74(104)87-55(33-18-24-42-77)67(97)83-57(35-20-26-44-79)69(99)90-61(48-51(3)4)73(103)88-59(38-39-63(80)93)71(101)85-53(31-16-22-40-75)65(95)82-56(68(98)89-60)34-19-25-43-78/h12-14,29-30,50-51,53-62,92H,5-11,15-28,31-49,75-79H2,1-4H3,(H2,80,93)(H,81,94)(H,82,95)(H,83,97)(H,84,96)(H,85,101)(H,86,102)(H,87,104)(H,88,103)(H,89,98)(H,90,99)(H,91,100)/t53-,54-,55-,56-,57-,58-,59-,60-,61-,62-/m0/s1. The third kappa shape index (κ3) is 40.8. The van der Waals surface area contributed by atoms with E-state index in [0.29, 0.717) is 82.6 Å². The van der Waals surface area contributed by atoms with Gasteiger partial charge in [0.1, 0.15) is 60.4 Å². The summed E-state index contributed by atoms with van der Waals surface area (Å²) in [5.74, 6) is -9.40. The van der Waals surface area contributed by atoms with Crippen LogP contribution in [0.25, 0.3) is 0 Å². The molecule has 0 bridgehead atoms. The van der Waals surface area contributed by atoms with Gasteiger partial charge in [-0.2, -0.15) is 0 Å². The number of aliphatic hydroxyl groups is 1.